The largest absolute Gasteiger partial charge is 0.384 e. The van der Waals surface area contributed by atoms with Gasteiger partial charge in [-0.1, -0.05) is 11.8 Å². The van der Waals surface area contributed by atoms with Crippen LogP contribution >= 0.6 is 11.3 Å². The molecular formula is C13H14N4O2S. The molecule has 20 heavy (non-hydrogen) atoms. The molecule has 0 aliphatic carbocycles. The number of nitrogens with zero attached hydrogens (tertiary/aromatic N) is 4. The number of likely N-dealkylation sites (N-methyl/N-ethyl adjacent to an activating group) is 1. The molecule has 0 aliphatic rings. The predicted molar refractivity (Wildman–Crippen MR) is 74.8 cm³/mol. The van der Waals surface area contributed by atoms with Gasteiger partial charge in [-0.3, -0.25) is 4.79 Å². The van der Waals surface area contributed by atoms with E-state index in [1.807, 2.05) is 11.4 Å². The maximum Gasteiger partial charge on any atom is 0.244 e. The van der Waals surface area contributed by atoms with E-state index in [2.05, 4.69) is 21.9 Å². The molecule has 0 atom stereocenters. The number of hydrogen-bond acceptors (Lipinski definition) is 5. The van der Waals surface area contributed by atoms with Gasteiger partial charge in [-0.15, -0.1) is 11.3 Å². The molecule has 1 N–H and O–H groups in total. The van der Waals surface area contributed by atoms with Crippen LogP contribution in [0.1, 0.15) is 10.4 Å². The standard InChI is InChI=1S/C13H14N4O2S/c1-16(13(19)7-17-10-14-9-15-17)6-12-5-11(8-20-12)3-2-4-18/h5,8-10,18H,4,6-7H2,1H3. The molecule has 0 radical (unpaired) electrons. The SMILES string of the molecule is CN(Cc1cc(C#CCO)cs1)C(=O)Cn1cncn1. The van der Waals surface area contributed by atoms with Crippen molar-refractivity contribution in [2.75, 3.05) is 13.7 Å². The number of carbonyl (C=O) groups excluding carboxylic acids is 1. The second-order valence-corrected chi connectivity index (χ2v) is 5.10. The van der Waals surface area contributed by atoms with E-state index in [9.17, 15) is 4.79 Å². The molecule has 2 heterocycles. The van der Waals surface area contributed by atoms with Gasteiger partial charge in [0.2, 0.25) is 5.91 Å². The molecule has 0 aromatic carbocycles. The van der Waals surface area contributed by atoms with Crippen LogP contribution in [-0.4, -0.2) is 44.3 Å². The highest BCUT2D eigenvalue weighted by atomic mass is 32.1. The highest BCUT2D eigenvalue weighted by molar-refractivity contribution is 7.10. The Morgan fingerprint density at radius 2 is 2.45 bits per heavy atom. The maximum atomic E-state index is 12.0. The molecule has 0 aliphatic heterocycles. The molecule has 0 spiro atoms. The average Bonchev–Trinajstić information content (AvgIpc) is 3.08. The molecule has 0 fully saturated rings. The van der Waals surface area contributed by atoms with Gasteiger partial charge in [-0.25, -0.2) is 9.67 Å². The van der Waals surface area contributed by atoms with Crippen molar-refractivity contribution >= 4 is 17.2 Å². The molecule has 0 saturated heterocycles. The minimum Gasteiger partial charge on any atom is -0.384 e. The first kappa shape index (κ1) is 14.2. The van der Waals surface area contributed by atoms with Gasteiger partial charge in [-0.2, -0.15) is 5.10 Å². The third-order valence-electron chi connectivity index (χ3n) is 2.55. The fourth-order valence-electron chi connectivity index (χ4n) is 1.57. The summed E-state index contributed by atoms with van der Waals surface area (Å²) in [6.45, 7) is 0.555. The molecule has 1 amide bonds. The predicted octanol–water partition coefficient (Wildman–Crippen LogP) is 0.342. The number of aromatic nitrogens is 3. The monoisotopic (exact) mass is 290 g/mol. The van der Waals surface area contributed by atoms with E-state index >= 15 is 0 Å². The first-order valence-corrected chi connectivity index (χ1v) is 6.80. The summed E-state index contributed by atoms with van der Waals surface area (Å²) < 4.78 is 1.49. The van der Waals surface area contributed by atoms with Crippen LogP contribution in [0, 0.1) is 11.8 Å². The second kappa shape index (κ2) is 6.84. The summed E-state index contributed by atoms with van der Waals surface area (Å²) in [6, 6.07) is 1.92. The van der Waals surface area contributed by atoms with Crippen LogP contribution in [0.3, 0.4) is 0 Å². The van der Waals surface area contributed by atoms with E-state index in [-0.39, 0.29) is 19.1 Å². The van der Waals surface area contributed by atoms with Crippen LogP contribution in [0.2, 0.25) is 0 Å². The molecule has 104 valence electrons. The maximum absolute atomic E-state index is 12.0. The molecule has 0 saturated carbocycles. The quantitative estimate of drug-likeness (QED) is 0.824. The van der Waals surface area contributed by atoms with Crippen LogP contribution in [-0.2, 0) is 17.9 Å². The van der Waals surface area contributed by atoms with Crippen molar-refractivity contribution in [2.24, 2.45) is 0 Å². The summed E-state index contributed by atoms with van der Waals surface area (Å²) >= 11 is 1.54. The van der Waals surface area contributed by atoms with Gasteiger partial charge in [0.15, 0.2) is 0 Å². The molecule has 0 bridgehead atoms. The molecular weight excluding hydrogens is 276 g/mol. The third-order valence-corrected chi connectivity index (χ3v) is 3.47. The van der Waals surface area contributed by atoms with Gasteiger partial charge in [0.1, 0.15) is 25.8 Å². The third kappa shape index (κ3) is 3.91. The fourth-order valence-corrected chi connectivity index (χ4v) is 2.43. The second-order valence-electron chi connectivity index (χ2n) is 4.10. The van der Waals surface area contributed by atoms with Crippen molar-refractivity contribution in [3.63, 3.8) is 0 Å². The number of thiophene rings is 1. The Hall–Kier alpha value is -2.17. The van der Waals surface area contributed by atoms with Gasteiger partial charge in [0, 0.05) is 22.9 Å². The molecule has 7 heteroatoms. The zero-order valence-electron chi connectivity index (χ0n) is 11.0. The molecule has 2 aromatic heterocycles. The summed E-state index contributed by atoms with van der Waals surface area (Å²) in [5, 5.41) is 14.5. The number of aliphatic hydroxyl groups is 1. The minimum absolute atomic E-state index is 0.0353. The first-order chi connectivity index (χ1) is 9.69. The Kier molecular flexibility index (Phi) is 4.87. The van der Waals surface area contributed by atoms with Crippen LogP contribution < -0.4 is 0 Å². The van der Waals surface area contributed by atoms with Crippen molar-refractivity contribution in [1.29, 1.82) is 0 Å². The van der Waals surface area contributed by atoms with Crippen LogP contribution in [0.5, 0.6) is 0 Å². The van der Waals surface area contributed by atoms with Gasteiger partial charge in [0.25, 0.3) is 0 Å². The number of carbonyl (C=O) groups is 1. The van der Waals surface area contributed by atoms with Crippen molar-refractivity contribution in [3.05, 3.63) is 34.5 Å². The Morgan fingerprint density at radius 1 is 1.60 bits per heavy atom. The van der Waals surface area contributed by atoms with Gasteiger partial charge in [0.05, 0.1) is 6.54 Å². The van der Waals surface area contributed by atoms with E-state index in [1.54, 1.807) is 23.3 Å². The molecule has 6 nitrogen and oxygen atoms in total. The first-order valence-electron chi connectivity index (χ1n) is 5.92. The van der Waals surface area contributed by atoms with Crippen LogP contribution in [0.15, 0.2) is 24.1 Å². The van der Waals surface area contributed by atoms with Crippen molar-refractivity contribution < 1.29 is 9.90 Å². The van der Waals surface area contributed by atoms with Crippen LogP contribution in [0.4, 0.5) is 0 Å². The Labute approximate surface area is 120 Å². The molecule has 2 aromatic rings. The highest BCUT2D eigenvalue weighted by Gasteiger charge is 2.11. The van der Waals surface area contributed by atoms with Gasteiger partial charge in [-0.05, 0) is 6.07 Å². The van der Waals surface area contributed by atoms with Crippen molar-refractivity contribution in [1.82, 2.24) is 19.7 Å². The number of aliphatic hydroxyl groups excluding tert-OH is 1. The summed E-state index contributed by atoms with van der Waals surface area (Å²) in [6.07, 6.45) is 2.91. The topological polar surface area (TPSA) is 71.2 Å². The lowest BCUT2D eigenvalue weighted by atomic mass is 10.3. The zero-order chi connectivity index (χ0) is 14.4. The smallest absolute Gasteiger partial charge is 0.244 e. The highest BCUT2D eigenvalue weighted by Crippen LogP contribution is 2.15. The van der Waals surface area contributed by atoms with Crippen LogP contribution in [0.25, 0.3) is 0 Å². The normalized spacial score (nSPS) is 9.90. The lowest BCUT2D eigenvalue weighted by Gasteiger charge is -2.15. The minimum atomic E-state index is -0.151. The van der Waals surface area contributed by atoms with E-state index in [0.717, 1.165) is 10.4 Å². The number of hydrogen-bond donors (Lipinski definition) is 1. The summed E-state index contributed by atoms with van der Waals surface area (Å²) in [5.74, 6) is 5.40. The van der Waals surface area contributed by atoms with E-state index in [0.29, 0.717) is 6.54 Å². The van der Waals surface area contributed by atoms with E-state index in [4.69, 9.17) is 5.11 Å². The van der Waals surface area contributed by atoms with Gasteiger partial charge >= 0.3 is 0 Å². The summed E-state index contributed by atoms with van der Waals surface area (Å²) in [7, 11) is 1.75. The molecule has 2 rings (SSSR count). The number of amides is 1. The van der Waals surface area contributed by atoms with Crippen molar-refractivity contribution in [2.45, 2.75) is 13.1 Å². The zero-order valence-corrected chi connectivity index (χ0v) is 11.8. The van der Waals surface area contributed by atoms with Crippen molar-refractivity contribution in [3.8, 4) is 11.8 Å². The van der Waals surface area contributed by atoms with E-state index < -0.39 is 0 Å². The lowest BCUT2D eigenvalue weighted by molar-refractivity contribution is -0.131. The van der Waals surface area contributed by atoms with Gasteiger partial charge < -0.3 is 10.0 Å². The van der Waals surface area contributed by atoms with E-state index in [1.165, 1.54) is 17.3 Å². The fraction of sp³-hybridized carbons (Fsp3) is 0.308. The average molecular weight is 290 g/mol. The molecule has 0 unspecified atom stereocenters. The Bertz CT molecular complexity index is 624. The summed E-state index contributed by atoms with van der Waals surface area (Å²) in [5.41, 5.74) is 0.858. The Morgan fingerprint density at radius 3 is 3.15 bits per heavy atom. The number of rotatable bonds is 4. The summed E-state index contributed by atoms with van der Waals surface area (Å²) in [4.78, 5) is 18.5. The Balaban J connectivity index is 1.92. The lowest BCUT2D eigenvalue weighted by Crippen LogP contribution is -2.29.